The average molecular weight is 439 g/mol. The molecule has 11 heteroatoms. The Morgan fingerprint density at radius 1 is 1.08 bits per heavy atom. The number of sulfonamides is 1. The molecule has 0 unspecified atom stereocenters. The molecule has 0 saturated heterocycles. The topological polar surface area (TPSA) is 93.6 Å². The molecule has 0 N–H and O–H groups in total. The second kappa shape index (κ2) is 7.59. The van der Waals surface area contributed by atoms with Crippen molar-refractivity contribution in [2.75, 3.05) is 23.4 Å². The molecule has 26 heavy (non-hydrogen) atoms. The van der Waals surface area contributed by atoms with E-state index in [0.29, 0.717) is 0 Å². The van der Waals surface area contributed by atoms with Gasteiger partial charge in [-0.15, -0.1) is 0 Å². The third-order valence-electron chi connectivity index (χ3n) is 3.37. The van der Waals surface area contributed by atoms with Crippen LogP contribution in [0, 0.1) is 0 Å². The van der Waals surface area contributed by atoms with Crippen molar-refractivity contribution in [2.24, 2.45) is 0 Å². The Bertz CT molecular complexity index is 1020. The molecule has 2 aromatic rings. The highest BCUT2D eigenvalue weighted by molar-refractivity contribution is 7.92. The number of rotatable bonds is 6. The van der Waals surface area contributed by atoms with Gasteiger partial charge in [0.1, 0.15) is 0 Å². The van der Waals surface area contributed by atoms with Gasteiger partial charge in [-0.2, -0.15) is 0 Å². The van der Waals surface area contributed by atoms with Crippen LogP contribution in [0.1, 0.15) is 6.92 Å². The van der Waals surface area contributed by atoms with Gasteiger partial charge in [-0.1, -0.05) is 30.1 Å². The van der Waals surface area contributed by atoms with E-state index in [1.165, 1.54) is 38.3 Å². The summed E-state index contributed by atoms with van der Waals surface area (Å²) in [6.07, 6.45) is 2.06. The molecule has 0 amide bonds. The van der Waals surface area contributed by atoms with Crippen LogP contribution in [-0.4, -0.2) is 40.9 Å². The molecule has 0 aliphatic heterocycles. The van der Waals surface area contributed by atoms with E-state index in [2.05, 4.69) is 4.98 Å². The van der Waals surface area contributed by atoms with Crippen molar-refractivity contribution in [3.63, 3.8) is 0 Å². The van der Waals surface area contributed by atoms with Crippen LogP contribution in [0.5, 0.6) is 5.75 Å². The first kappa shape index (κ1) is 20.8. The summed E-state index contributed by atoms with van der Waals surface area (Å²) in [6.45, 7) is 1.49. The van der Waals surface area contributed by atoms with Crippen molar-refractivity contribution in [2.45, 2.75) is 11.8 Å². The Balaban J connectivity index is 2.74. The van der Waals surface area contributed by atoms with E-state index in [1.807, 2.05) is 0 Å². The molecule has 7 nitrogen and oxygen atoms in total. The summed E-state index contributed by atoms with van der Waals surface area (Å²) in [4.78, 5) is 3.95. The molecule has 0 fully saturated rings. The predicted octanol–water partition coefficient (Wildman–Crippen LogP) is 3.29. The molecule has 0 aliphatic rings. The van der Waals surface area contributed by atoms with Crippen LogP contribution in [0.3, 0.4) is 0 Å². The molecule has 0 saturated carbocycles. The van der Waals surface area contributed by atoms with Crippen molar-refractivity contribution >= 4 is 54.6 Å². The molecule has 142 valence electrons. The van der Waals surface area contributed by atoms with Gasteiger partial charge < -0.3 is 4.74 Å². The Morgan fingerprint density at radius 3 is 2.12 bits per heavy atom. The summed E-state index contributed by atoms with van der Waals surface area (Å²) in [5, 5.41) is 0.454. The number of anilines is 2. The third-order valence-corrected chi connectivity index (χ3v) is 6.56. The van der Waals surface area contributed by atoms with Crippen LogP contribution in [0.15, 0.2) is 35.4 Å². The lowest BCUT2D eigenvalue weighted by molar-refractivity contribution is 0.413. The fraction of sp³-hybridized carbons (Fsp3) is 0.267. The maximum atomic E-state index is 12.4. The highest BCUT2D eigenvalue weighted by Gasteiger charge is 2.27. The van der Waals surface area contributed by atoms with Crippen molar-refractivity contribution in [1.29, 1.82) is 0 Å². The number of ether oxygens (including phenoxy) is 1. The molecule has 1 aromatic carbocycles. The van der Waals surface area contributed by atoms with Crippen LogP contribution >= 0.6 is 23.2 Å². The lowest BCUT2D eigenvalue weighted by atomic mass is 10.3. The Labute approximate surface area is 162 Å². The van der Waals surface area contributed by atoms with Gasteiger partial charge in [0, 0.05) is 22.3 Å². The SMILES string of the molecule is CCS(=O)(=O)c1cnc(N(c2cc(Cl)cc(Cl)c2)S(C)(=O)=O)c(OC)c1. The molecule has 0 radical (unpaired) electrons. The molecule has 1 heterocycles. The Morgan fingerprint density at radius 2 is 1.65 bits per heavy atom. The fourth-order valence-electron chi connectivity index (χ4n) is 2.19. The van der Waals surface area contributed by atoms with Crippen LogP contribution in [-0.2, 0) is 19.9 Å². The number of sulfone groups is 1. The molecule has 0 atom stereocenters. The van der Waals surface area contributed by atoms with E-state index in [9.17, 15) is 16.8 Å². The number of nitrogens with zero attached hydrogens (tertiary/aromatic N) is 2. The zero-order valence-electron chi connectivity index (χ0n) is 14.1. The van der Waals surface area contributed by atoms with E-state index < -0.39 is 19.9 Å². The quantitative estimate of drug-likeness (QED) is 0.686. The normalized spacial score (nSPS) is 12.0. The lowest BCUT2D eigenvalue weighted by Gasteiger charge is -2.23. The van der Waals surface area contributed by atoms with Crippen molar-refractivity contribution in [1.82, 2.24) is 4.98 Å². The van der Waals surface area contributed by atoms with Crippen LogP contribution in [0.25, 0.3) is 0 Å². The van der Waals surface area contributed by atoms with Gasteiger partial charge in [-0.3, -0.25) is 0 Å². The molecule has 2 rings (SSSR count). The maximum Gasteiger partial charge on any atom is 0.237 e. The van der Waals surface area contributed by atoms with Gasteiger partial charge in [0.15, 0.2) is 21.4 Å². The third kappa shape index (κ3) is 4.40. The summed E-state index contributed by atoms with van der Waals surface area (Å²) >= 11 is 11.9. The zero-order chi connectivity index (χ0) is 19.7. The van der Waals surface area contributed by atoms with Crippen molar-refractivity contribution < 1.29 is 21.6 Å². The van der Waals surface area contributed by atoms with E-state index in [-0.39, 0.29) is 37.9 Å². The molecule has 0 aliphatic carbocycles. The minimum absolute atomic E-state index is 0.0268. The van der Waals surface area contributed by atoms with E-state index in [4.69, 9.17) is 27.9 Å². The molecular formula is C15H16Cl2N2O5S2. The van der Waals surface area contributed by atoms with Crippen molar-refractivity contribution in [3.05, 3.63) is 40.5 Å². The van der Waals surface area contributed by atoms with Crippen molar-refractivity contribution in [3.8, 4) is 5.75 Å². The number of pyridine rings is 1. The van der Waals surface area contributed by atoms with Gasteiger partial charge in [-0.25, -0.2) is 26.1 Å². The molecule has 1 aromatic heterocycles. The monoisotopic (exact) mass is 438 g/mol. The van der Waals surface area contributed by atoms with Gasteiger partial charge in [0.25, 0.3) is 0 Å². The molecule has 0 bridgehead atoms. The smallest absolute Gasteiger partial charge is 0.237 e. The first-order valence-electron chi connectivity index (χ1n) is 7.22. The standard InChI is InChI=1S/C15H16Cl2N2O5S2/c1-4-26(22,23)13-8-14(24-2)15(18-9-13)19(25(3,20)21)12-6-10(16)5-11(17)7-12/h5-9H,4H2,1-3H3. The summed E-state index contributed by atoms with van der Waals surface area (Å²) in [5.74, 6) is -0.263. The minimum atomic E-state index is -3.87. The molecule has 0 spiro atoms. The first-order valence-corrected chi connectivity index (χ1v) is 11.5. The number of hydrogen-bond acceptors (Lipinski definition) is 6. The average Bonchev–Trinajstić information content (AvgIpc) is 2.53. The number of methoxy groups -OCH3 is 1. The first-order chi connectivity index (χ1) is 12.0. The summed E-state index contributed by atoms with van der Waals surface area (Å²) in [5.41, 5.74) is 0.141. The number of halogens is 2. The number of hydrogen-bond donors (Lipinski definition) is 0. The van der Waals surface area contributed by atoms with Crippen LogP contribution in [0.2, 0.25) is 10.0 Å². The molecular weight excluding hydrogens is 423 g/mol. The predicted molar refractivity (Wildman–Crippen MR) is 102 cm³/mol. The largest absolute Gasteiger partial charge is 0.493 e. The number of benzene rings is 1. The van der Waals surface area contributed by atoms with Gasteiger partial charge in [0.2, 0.25) is 10.0 Å². The second-order valence-electron chi connectivity index (χ2n) is 5.26. The van der Waals surface area contributed by atoms with Gasteiger partial charge in [-0.05, 0) is 18.2 Å². The minimum Gasteiger partial charge on any atom is -0.493 e. The second-order valence-corrected chi connectivity index (χ2v) is 10.2. The van der Waals surface area contributed by atoms with Crippen LogP contribution < -0.4 is 9.04 Å². The zero-order valence-corrected chi connectivity index (χ0v) is 17.2. The van der Waals surface area contributed by atoms with E-state index >= 15 is 0 Å². The summed E-state index contributed by atoms with van der Waals surface area (Å²) in [6, 6.07) is 5.47. The highest BCUT2D eigenvalue weighted by Crippen LogP contribution is 2.37. The lowest BCUT2D eigenvalue weighted by Crippen LogP contribution is -2.26. The van der Waals surface area contributed by atoms with Gasteiger partial charge >= 0.3 is 0 Å². The Hall–Kier alpha value is -1.55. The van der Waals surface area contributed by atoms with E-state index in [1.54, 1.807) is 0 Å². The maximum absolute atomic E-state index is 12.4. The summed E-state index contributed by atoms with van der Waals surface area (Å²) in [7, 11) is -6.12. The van der Waals surface area contributed by atoms with Gasteiger partial charge in [0.05, 0.1) is 29.7 Å². The highest BCUT2D eigenvalue weighted by atomic mass is 35.5. The number of aromatic nitrogens is 1. The fourth-order valence-corrected chi connectivity index (χ4v) is 4.47. The summed E-state index contributed by atoms with van der Waals surface area (Å²) < 4.78 is 54.9. The van der Waals surface area contributed by atoms with E-state index in [0.717, 1.165) is 16.8 Å². The van der Waals surface area contributed by atoms with Crippen LogP contribution in [0.4, 0.5) is 11.5 Å². The Kier molecular flexibility index (Phi) is 6.06.